The van der Waals surface area contributed by atoms with Gasteiger partial charge in [-0.25, -0.2) is 0 Å². The number of benzene rings is 1. The van der Waals surface area contributed by atoms with Gasteiger partial charge in [-0.15, -0.1) is 0 Å². The van der Waals surface area contributed by atoms with Crippen LogP contribution in [0.5, 0.6) is 0 Å². The molecule has 9 nitrogen and oxygen atoms in total. The average molecular weight is 341 g/mol. The molecule has 0 atom stereocenters. The maximum absolute atomic E-state index is 12.1. The van der Waals surface area contributed by atoms with Gasteiger partial charge in [-0.05, 0) is 37.1 Å². The second-order valence-electron chi connectivity index (χ2n) is 5.53. The van der Waals surface area contributed by atoms with Crippen molar-refractivity contribution in [1.29, 1.82) is 0 Å². The molecule has 1 aliphatic carbocycles. The van der Waals surface area contributed by atoms with Gasteiger partial charge in [-0.1, -0.05) is 6.07 Å². The highest BCUT2D eigenvalue weighted by Gasteiger charge is 2.25. The number of hydrazine groups is 1. The third kappa shape index (κ3) is 4.08. The minimum Gasteiger partial charge on any atom is -0.377 e. The summed E-state index contributed by atoms with van der Waals surface area (Å²) in [5, 5.41) is 14.3. The lowest BCUT2D eigenvalue weighted by Gasteiger charge is -2.09. The summed E-state index contributed by atoms with van der Waals surface area (Å²) in [6.45, 7) is 0. The summed E-state index contributed by atoms with van der Waals surface area (Å²) in [4.78, 5) is 38.5. The van der Waals surface area contributed by atoms with Crippen molar-refractivity contribution in [3.05, 3.63) is 64.0 Å². The number of nitrogens with one attached hydrogen (secondary N) is 3. The molecule has 1 aliphatic rings. The van der Waals surface area contributed by atoms with Crippen LogP contribution >= 0.6 is 0 Å². The highest BCUT2D eigenvalue weighted by Crippen LogP contribution is 2.31. The minimum absolute atomic E-state index is 0.0642. The number of rotatable bonds is 5. The molecule has 1 fully saturated rings. The molecule has 2 aromatic rings. The van der Waals surface area contributed by atoms with Gasteiger partial charge < -0.3 is 5.32 Å². The second kappa shape index (κ2) is 6.95. The van der Waals surface area contributed by atoms with E-state index in [-0.39, 0.29) is 23.0 Å². The zero-order valence-electron chi connectivity index (χ0n) is 13.1. The van der Waals surface area contributed by atoms with E-state index in [0.717, 1.165) is 12.8 Å². The number of aromatic nitrogens is 1. The fraction of sp³-hybridized carbons (Fsp3) is 0.188. The number of pyridine rings is 1. The zero-order chi connectivity index (χ0) is 17.8. The molecular formula is C16H15N5O4. The van der Waals surface area contributed by atoms with Crippen molar-refractivity contribution >= 4 is 23.2 Å². The van der Waals surface area contributed by atoms with E-state index >= 15 is 0 Å². The van der Waals surface area contributed by atoms with Crippen LogP contribution in [0.1, 0.15) is 33.7 Å². The van der Waals surface area contributed by atoms with E-state index in [9.17, 15) is 19.7 Å². The molecule has 0 aliphatic heterocycles. The van der Waals surface area contributed by atoms with Crippen LogP contribution in [0.15, 0.2) is 42.6 Å². The molecule has 3 N–H and O–H groups in total. The van der Waals surface area contributed by atoms with Crippen molar-refractivity contribution in [3.63, 3.8) is 0 Å². The number of nitrogens with zero attached hydrogens (tertiary/aromatic N) is 2. The summed E-state index contributed by atoms with van der Waals surface area (Å²) in [6.07, 6.45) is 3.39. The van der Waals surface area contributed by atoms with Gasteiger partial charge in [-0.3, -0.25) is 35.5 Å². The van der Waals surface area contributed by atoms with Gasteiger partial charge in [0.1, 0.15) is 11.4 Å². The molecule has 1 saturated carbocycles. The zero-order valence-corrected chi connectivity index (χ0v) is 13.1. The molecule has 0 bridgehead atoms. The highest BCUT2D eigenvalue weighted by molar-refractivity contribution is 5.99. The number of nitro benzene ring substituents is 1. The van der Waals surface area contributed by atoms with Crippen LogP contribution in [0.25, 0.3) is 0 Å². The molecule has 25 heavy (non-hydrogen) atoms. The standard InChI is InChI=1S/C16H15N5O4/c22-15(19-20-16(23)13-3-1-2-8-17-13)10-4-7-12(18-11-5-6-11)14(9-10)21(24)25/h1-4,7-9,11,18H,5-6H2,(H,19,22)(H,20,23). The number of carbonyl (C=O) groups is 2. The third-order valence-corrected chi connectivity index (χ3v) is 3.58. The van der Waals surface area contributed by atoms with Crippen molar-refractivity contribution in [2.45, 2.75) is 18.9 Å². The fourth-order valence-corrected chi connectivity index (χ4v) is 2.14. The molecule has 128 valence electrons. The van der Waals surface area contributed by atoms with E-state index in [1.807, 2.05) is 0 Å². The molecule has 1 aromatic carbocycles. The summed E-state index contributed by atoms with van der Waals surface area (Å²) < 4.78 is 0. The molecule has 1 aromatic heterocycles. The molecular weight excluding hydrogens is 326 g/mol. The molecule has 0 unspecified atom stereocenters. The van der Waals surface area contributed by atoms with Crippen molar-refractivity contribution in [2.75, 3.05) is 5.32 Å². The van der Waals surface area contributed by atoms with Gasteiger partial charge in [0.25, 0.3) is 17.5 Å². The van der Waals surface area contributed by atoms with Gasteiger partial charge in [0, 0.05) is 23.9 Å². The van der Waals surface area contributed by atoms with Crippen LogP contribution in [0.3, 0.4) is 0 Å². The van der Waals surface area contributed by atoms with Gasteiger partial charge >= 0.3 is 0 Å². The summed E-state index contributed by atoms with van der Waals surface area (Å²) in [5.41, 5.74) is 4.82. The van der Waals surface area contributed by atoms with E-state index in [0.29, 0.717) is 5.69 Å². The average Bonchev–Trinajstić information content (AvgIpc) is 3.44. The van der Waals surface area contributed by atoms with Crippen LogP contribution in [0.2, 0.25) is 0 Å². The summed E-state index contributed by atoms with van der Waals surface area (Å²) in [5.74, 6) is -1.25. The molecule has 2 amide bonds. The Kier molecular flexibility index (Phi) is 4.55. The monoisotopic (exact) mass is 341 g/mol. The van der Waals surface area contributed by atoms with Crippen LogP contribution in [0, 0.1) is 10.1 Å². The maximum Gasteiger partial charge on any atom is 0.293 e. The molecule has 0 spiro atoms. The predicted octanol–water partition coefficient (Wildman–Crippen LogP) is 1.64. The maximum atomic E-state index is 12.1. The topological polar surface area (TPSA) is 126 Å². The SMILES string of the molecule is O=C(NNC(=O)c1ccccn1)c1ccc(NC2CC2)c([N+](=O)[O-])c1. The predicted molar refractivity (Wildman–Crippen MR) is 88.9 cm³/mol. The quantitative estimate of drug-likeness (QED) is 0.560. The highest BCUT2D eigenvalue weighted by atomic mass is 16.6. The van der Waals surface area contributed by atoms with Crippen LogP contribution in [-0.4, -0.2) is 27.8 Å². The minimum atomic E-state index is -0.662. The third-order valence-electron chi connectivity index (χ3n) is 3.58. The number of hydrogen-bond donors (Lipinski definition) is 3. The summed E-state index contributed by atoms with van der Waals surface area (Å²) >= 11 is 0. The van der Waals surface area contributed by atoms with E-state index in [1.165, 1.54) is 30.5 Å². The first-order valence-corrected chi connectivity index (χ1v) is 7.61. The number of carbonyl (C=O) groups excluding carboxylic acids is 2. The Balaban J connectivity index is 1.68. The van der Waals surface area contributed by atoms with Gasteiger partial charge in [0.05, 0.1) is 4.92 Å². The lowest BCUT2D eigenvalue weighted by Crippen LogP contribution is -2.41. The summed E-state index contributed by atoms with van der Waals surface area (Å²) in [6, 6.07) is 9.16. The Labute approximate surface area is 142 Å². The van der Waals surface area contributed by atoms with Gasteiger partial charge in [0.2, 0.25) is 0 Å². The molecule has 9 heteroatoms. The largest absolute Gasteiger partial charge is 0.377 e. The van der Waals surface area contributed by atoms with Crippen LogP contribution in [-0.2, 0) is 0 Å². The smallest absolute Gasteiger partial charge is 0.293 e. The summed E-state index contributed by atoms with van der Waals surface area (Å²) in [7, 11) is 0. The number of anilines is 1. The Bertz CT molecular complexity index is 821. The van der Waals surface area contributed by atoms with Crippen LogP contribution < -0.4 is 16.2 Å². The lowest BCUT2D eigenvalue weighted by molar-refractivity contribution is -0.384. The Morgan fingerprint density at radius 2 is 1.88 bits per heavy atom. The fourth-order valence-electron chi connectivity index (χ4n) is 2.14. The molecule has 0 saturated heterocycles. The normalized spacial score (nSPS) is 13.0. The molecule has 1 heterocycles. The number of nitro groups is 1. The van der Waals surface area contributed by atoms with Crippen molar-refractivity contribution < 1.29 is 14.5 Å². The molecule has 3 rings (SSSR count). The first-order valence-electron chi connectivity index (χ1n) is 7.61. The number of hydrogen-bond acceptors (Lipinski definition) is 6. The number of amides is 2. The first-order chi connectivity index (χ1) is 12.0. The van der Waals surface area contributed by atoms with Crippen LogP contribution in [0.4, 0.5) is 11.4 Å². The second-order valence-corrected chi connectivity index (χ2v) is 5.53. The van der Waals surface area contributed by atoms with E-state index < -0.39 is 16.7 Å². The van der Waals surface area contributed by atoms with E-state index in [4.69, 9.17) is 0 Å². The van der Waals surface area contributed by atoms with Gasteiger partial charge in [0.15, 0.2) is 0 Å². The Hall–Kier alpha value is -3.49. The molecule has 0 radical (unpaired) electrons. The van der Waals surface area contributed by atoms with E-state index in [1.54, 1.807) is 12.1 Å². The lowest BCUT2D eigenvalue weighted by atomic mass is 10.1. The Morgan fingerprint density at radius 3 is 2.52 bits per heavy atom. The van der Waals surface area contributed by atoms with Crippen molar-refractivity contribution in [1.82, 2.24) is 15.8 Å². The van der Waals surface area contributed by atoms with Gasteiger partial charge in [-0.2, -0.15) is 0 Å². The first kappa shape index (κ1) is 16.4. The van der Waals surface area contributed by atoms with Crippen molar-refractivity contribution in [2.24, 2.45) is 0 Å². The van der Waals surface area contributed by atoms with E-state index in [2.05, 4.69) is 21.2 Å². The van der Waals surface area contributed by atoms with Crippen molar-refractivity contribution in [3.8, 4) is 0 Å². The Morgan fingerprint density at radius 1 is 1.12 bits per heavy atom.